The van der Waals surface area contributed by atoms with Gasteiger partial charge in [0.1, 0.15) is 5.82 Å². The predicted molar refractivity (Wildman–Crippen MR) is 86.4 cm³/mol. The largest absolute Gasteiger partial charge is 0.465 e. The van der Waals surface area contributed by atoms with Crippen LogP contribution in [0.1, 0.15) is 24.2 Å². The Balaban J connectivity index is 2.10. The number of hydrogen-bond acceptors (Lipinski definition) is 6. The third-order valence-corrected chi connectivity index (χ3v) is 2.88. The van der Waals surface area contributed by atoms with Crippen molar-refractivity contribution in [3.8, 4) is 0 Å². The molecule has 0 saturated heterocycles. The number of carbonyl (C=O) groups is 1. The highest BCUT2D eigenvalue weighted by atomic mass is 16.5. The Labute approximate surface area is 129 Å². The maximum absolute atomic E-state index is 11.5. The van der Waals surface area contributed by atoms with E-state index in [2.05, 4.69) is 34.4 Å². The molecule has 22 heavy (non-hydrogen) atoms. The van der Waals surface area contributed by atoms with Gasteiger partial charge in [-0.3, -0.25) is 0 Å². The van der Waals surface area contributed by atoms with E-state index < -0.39 is 0 Å². The molecule has 0 fully saturated rings. The molecule has 6 nitrogen and oxygen atoms in total. The molecule has 1 aromatic heterocycles. The molecular weight excluding hydrogens is 280 g/mol. The number of nitrogens with one attached hydrogen (secondary N) is 2. The minimum Gasteiger partial charge on any atom is -0.465 e. The number of ether oxygens (including phenoxy) is 1. The van der Waals surface area contributed by atoms with E-state index in [-0.39, 0.29) is 5.97 Å². The van der Waals surface area contributed by atoms with E-state index in [0.717, 1.165) is 12.2 Å². The fourth-order valence-electron chi connectivity index (χ4n) is 1.80. The number of benzene rings is 1. The number of rotatable bonds is 6. The highest BCUT2D eigenvalue weighted by Gasteiger charge is 2.06. The van der Waals surface area contributed by atoms with Crippen LogP contribution in [0.3, 0.4) is 0 Å². The van der Waals surface area contributed by atoms with Gasteiger partial charge in [-0.15, -0.1) is 0 Å². The summed E-state index contributed by atoms with van der Waals surface area (Å²) >= 11 is 0. The van der Waals surface area contributed by atoms with Crippen LogP contribution in [0.4, 0.5) is 17.5 Å². The molecule has 0 bridgehead atoms. The summed E-state index contributed by atoms with van der Waals surface area (Å²) in [7, 11) is 1.36. The quantitative estimate of drug-likeness (QED) is 0.798. The molecule has 2 aromatic rings. The van der Waals surface area contributed by atoms with Gasteiger partial charge in [-0.1, -0.05) is 19.9 Å². The molecule has 0 spiro atoms. The van der Waals surface area contributed by atoms with E-state index in [9.17, 15) is 4.79 Å². The Bertz CT molecular complexity index is 644. The first-order chi connectivity index (χ1) is 10.6. The van der Waals surface area contributed by atoms with Gasteiger partial charge in [-0.05, 0) is 30.2 Å². The van der Waals surface area contributed by atoms with Crippen molar-refractivity contribution in [1.82, 2.24) is 9.97 Å². The number of esters is 1. The fraction of sp³-hybridized carbons (Fsp3) is 0.312. The molecule has 2 rings (SSSR count). The molecule has 2 N–H and O–H groups in total. The van der Waals surface area contributed by atoms with E-state index in [1.807, 2.05) is 6.07 Å². The number of methoxy groups -OCH3 is 1. The molecule has 0 unspecified atom stereocenters. The summed E-state index contributed by atoms with van der Waals surface area (Å²) < 4.78 is 4.71. The lowest BCUT2D eigenvalue weighted by molar-refractivity contribution is 0.0601. The van der Waals surface area contributed by atoms with Crippen LogP contribution in [-0.2, 0) is 4.74 Å². The predicted octanol–water partition coefficient (Wildman–Crippen LogP) is 3.07. The highest BCUT2D eigenvalue weighted by Crippen LogP contribution is 2.17. The standard InChI is InChI=1S/C16H20N4O2/c1-11(2)10-18-16-17-8-7-14(20-16)19-13-6-4-5-12(9-13)15(21)22-3/h4-9,11H,10H2,1-3H3,(H2,17,18,19,20). The van der Waals surface area contributed by atoms with Gasteiger partial charge >= 0.3 is 5.97 Å². The van der Waals surface area contributed by atoms with Gasteiger partial charge in [0, 0.05) is 18.4 Å². The molecular formula is C16H20N4O2. The summed E-state index contributed by atoms with van der Waals surface area (Å²) in [6, 6.07) is 8.83. The molecule has 0 saturated carbocycles. The van der Waals surface area contributed by atoms with Gasteiger partial charge in [0.25, 0.3) is 0 Å². The summed E-state index contributed by atoms with van der Waals surface area (Å²) in [5.41, 5.74) is 1.25. The molecule has 1 aromatic carbocycles. The van der Waals surface area contributed by atoms with Crippen LogP contribution in [-0.4, -0.2) is 29.6 Å². The average molecular weight is 300 g/mol. The maximum Gasteiger partial charge on any atom is 0.337 e. The third-order valence-electron chi connectivity index (χ3n) is 2.88. The monoisotopic (exact) mass is 300 g/mol. The second kappa shape index (κ2) is 7.40. The molecule has 0 atom stereocenters. The summed E-state index contributed by atoms with van der Waals surface area (Å²) in [4.78, 5) is 20.1. The third kappa shape index (κ3) is 4.44. The molecule has 0 radical (unpaired) electrons. The second-order valence-electron chi connectivity index (χ2n) is 5.24. The van der Waals surface area contributed by atoms with Gasteiger partial charge in [0.05, 0.1) is 12.7 Å². The summed E-state index contributed by atoms with van der Waals surface area (Å²) in [6.45, 7) is 5.04. The zero-order valence-electron chi connectivity index (χ0n) is 13.0. The minimum atomic E-state index is -0.370. The second-order valence-corrected chi connectivity index (χ2v) is 5.24. The van der Waals surface area contributed by atoms with Crippen molar-refractivity contribution < 1.29 is 9.53 Å². The van der Waals surface area contributed by atoms with Gasteiger partial charge in [-0.2, -0.15) is 4.98 Å². The first kappa shape index (κ1) is 15.8. The lowest BCUT2D eigenvalue weighted by Gasteiger charge is -2.10. The molecule has 116 valence electrons. The number of aromatic nitrogens is 2. The molecule has 0 aliphatic carbocycles. The lowest BCUT2D eigenvalue weighted by Crippen LogP contribution is -2.11. The lowest BCUT2D eigenvalue weighted by atomic mass is 10.2. The van der Waals surface area contributed by atoms with E-state index in [0.29, 0.717) is 23.2 Å². The van der Waals surface area contributed by atoms with Crippen LogP contribution < -0.4 is 10.6 Å². The summed E-state index contributed by atoms with van der Waals surface area (Å²) in [6.07, 6.45) is 1.68. The van der Waals surface area contributed by atoms with Crippen LogP contribution in [0.2, 0.25) is 0 Å². The Morgan fingerprint density at radius 2 is 2.14 bits per heavy atom. The van der Waals surface area contributed by atoms with E-state index in [4.69, 9.17) is 4.74 Å². The van der Waals surface area contributed by atoms with Crippen molar-refractivity contribution in [3.05, 3.63) is 42.1 Å². The van der Waals surface area contributed by atoms with Crippen LogP contribution in [0.15, 0.2) is 36.5 Å². The van der Waals surface area contributed by atoms with Gasteiger partial charge < -0.3 is 15.4 Å². The molecule has 1 heterocycles. The van der Waals surface area contributed by atoms with Crippen molar-refractivity contribution in [2.45, 2.75) is 13.8 Å². The van der Waals surface area contributed by atoms with Crippen molar-refractivity contribution >= 4 is 23.4 Å². The molecule has 0 aliphatic heterocycles. The SMILES string of the molecule is COC(=O)c1cccc(Nc2ccnc(NCC(C)C)n2)c1. The topological polar surface area (TPSA) is 76.1 Å². The zero-order chi connectivity index (χ0) is 15.9. The van der Waals surface area contributed by atoms with Gasteiger partial charge in [0.2, 0.25) is 5.95 Å². The Kier molecular flexibility index (Phi) is 5.30. The minimum absolute atomic E-state index is 0.370. The molecule has 6 heteroatoms. The van der Waals surface area contributed by atoms with Crippen molar-refractivity contribution in [1.29, 1.82) is 0 Å². The van der Waals surface area contributed by atoms with Crippen molar-refractivity contribution in [2.75, 3.05) is 24.3 Å². The fourth-order valence-corrected chi connectivity index (χ4v) is 1.80. The first-order valence-electron chi connectivity index (χ1n) is 7.11. The number of hydrogen-bond donors (Lipinski definition) is 2. The summed E-state index contributed by atoms with van der Waals surface area (Å²) in [5, 5.41) is 6.33. The number of nitrogens with zero attached hydrogens (tertiary/aromatic N) is 2. The summed E-state index contributed by atoms with van der Waals surface area (Å²) in [5.74, 6) is 1.37. The Morgan fingerprint density at radius 3 is 2.86 bits per heavy atom. The smallest absolute Gasteiger partial charge is 0.337 e. The van der Waals surface area contributed by atoms with Crippen molar-refractivity contribution in [2.24, 2.45) is 5.92 Å². The zero-order valence-corrected chi connectivity index (χ0v) is 13.0. The highest BCUT2D eigenvalue weighted by molar-refractivity contribution is 5.90. The number of carbonyl (C=O) groups excluding carboxylic acids is 1. The normalized spacial score (nSPS) is 10.4. The van der Waals surface area contributed by atoms with Gasteiger partial charge in [0.15, 0.2) is 0 Å². The van der Waals surface area contributed by atoms with Crippen LogP contribution in [0.25, 0.3) is 0 Å². The van der Waals surface area contributed by atoms with Crippen molar-refractivity contribution in [3.63, 3.8) is 0 Å². The van der Waals surface area contributed by atoms with Crippen LogP contribution in [0, 0.1) is 5.92 Å². The maximum atomic E-state index is 11.5. The molecule has 0 aliphatic rings. The average Bonchev–Trinajstić information content (AvgIpc) is 2.53. The molecule has 0 amide bonds. The van der Waals surface area contributed by atoms with E-state index in [1.165, 1.54) is 7.11 Å². The number of anilines is 3. The van der Waals surface area contributed by atoms with Crippen LogP contribution >= 0.6 is 0 Å². The van der Waals surface area contributed by atoms with Gasteiger partial charge in [-0.25, -0.2) is 9.78 Å². The Hall–Kier alpha value is -2.63. The Morgan fingerprint density at radius 1 is 1.32 bits per heavy atom. The van der Waals surface area contributed by atoms with E-state index >= 15 is 0 Å². The van der Waals surface area contributed by atoms with E-state index in [1.54, 1.807) is 30.5 Å². The first-order valence-corrected chi connectivity index (χ1v) is 7.11. The van der Waals surface area contributed by atoms with Crippen LogP contribution in [0.5, 0.6) is 0 Å².